The van der Waals surface area contributed by atoms with E-state index in [0.717, 1.165) is 18.4 Å². The van der Waals surface area contributed by atoms with Gasteiger partial charge in [0.2, 0.25) is 0 Å². The van der Waals surface area contributed by atoms with Crippen molar-refractivity contribution in [2.24, 2.45) is 28.6 Å². The van der Waals surface area contributed by atoms with Crippen molar-refractivity contribution in [3.05, 3.63) is 23.8 Å². The lowest BCUT2D eigenvalue weighted by atomic mass is 9.46. The predicted molar refractivity (Wildman–Crippen MR) is 103 cm³/mol. The Balaban J connectivity index is 1.72. The Hall–Kier alpha value is -1.50. The number of hydrogen-bond donors (Lipinski definition) is 4. The minimum Gasteiger partial charge on any atom is -0.393 e. The van der Waals surface area contributed by atoms with E-state index in [-0.39, 0.29) is 29.0 Å². The number of nitrogens with one attached hydrogen (secondary N) is 1. The van der Waals surface area contributed by atoms with Gasteiger partial charge in [-0.3, -0.25) is 9.59 Å². The molecule has 4 aliphatic carbocycles. The number of hydrogen-bond acceptors (Lipinski definition) is 5. The molecular formula is C22H31NO5. The van der Waals surface area contributed by atoms with Crippen LogP contribution in [0.2, 0.25) is 0 Å². The summed E-state index contributed by atoms with van der Waals surface area (Å²) in [6.45, 7) is 4.02. The van der Waals surface area contributed by atoms with Crippen LogP contribution < -0.4 is 5.32 Å². The zero-order chi connectivity index (χ0) is 20.5. The first-order valence-corrected chi connectivity index (χ1v) is 10.3. The summed E-state index contributed by atoms with van der Waals surface area (Å²) in [5, 5.41) is 35.8. The quantitative estimate of drug-likeness (QED) is 0.566. The second-order valence-corrected chi connectivity index (χ2v) is 9.69. The highest BCUT2D eigenvalue weighted by atomic mass is 16.4. The zero-order valence-electron chi connectivity index (χ0n) is 16.8. The van der Waals surface area contributed by atoms with Gasteiger partial charge in [0.05, 0.1) is 6.10 Å². The van der Waals surface area contributed by atoms with E-state index in [1.807, 2.05) is 13.0 Å². The Kier molecular flexibility index (Phi) is 4.42. The molecular weight excluding hydrogens is 358 g/mol. The molecule has 0 bridgehead atoms. The van der Waals surface area contributed by atoms with Crippen molar-refractivity contribution < 1.29 is 24.9 Å². The first-order valence-electron chi connectivity index (χ1n) is 10.3. The zero-order valence-corrected chi connectivity index (χ0v) is 16.8. The molecule has 8 atom stereocenters. The summed E-state index contributed by atoms with van der Waals surface area (Å²) < 4.78 is 0. The van der Waals surface area contributed by atoms with Crippen LogP contribution in [0.1, 0.15) is 46.0 Å². The molecule has 6 heteroatoms. The minimum absolute atomic E-state index is 0.00463. The summed E-state index contributed by atoms with van der Waals surface area (Å²) in [6.07, 6.45) is 6.10. The number of ketones is 1. The van der Waals surface area contributed by atoms with E-state index in [4.69, 9.17) is 0 Å². The highest BCUT2D eigenvalue weighted by molar-refractivity contribution is 6.01. The van der Waals surface area contributed by atoms with Gasteiger partial charge in [0.25, 0.3) is 5.91 Å². The molecule has 3 fully saturated rings. The van der Waals surface area contributed by atoms with Gasteiger partial charge in [-0.1, -0.05) is 25.5 Å². The number of carbonyl (C=O) groups excluding carboxylic acids is 2. The van der Waals surface area contributed by atoms with Crippen molar-refractivity contribution in [3.8, 4) is 0 Å². The average Bonchev–Trinajstić information content (AvgIpc) is 2.92. The molecule has 4 rings (SSSR count). The van der Waals surface area contributed by atoms with Gasteiger partial charge in [0.15, 0.2) is 11.9 Å². The molecule has 0 aromatic carbocycles. The van der Waals surface area contributed by atoms with Crippen LogP contribution in [0.25, 0.3) is 0 Å². The van der Waals surface area contributed by atoms with E-state index in [1.54, 1.807) is 12.2 Å². The van der Waals surface area contributed by atoms with E-state index in [9.17, 15) is 24.9 Å². The van der Waals surface area contributed by atoms with Crippen LogP contribution in [0.4, 0.5) is 0 Å². The average molecular weight is 389 g/mol. The molecule has 3 saturated carbocycles. The highest BCUT2D eigenvalue weighted by Crippen LogP contribution is 2.67. The van der Waals surface area contributed by atoms with Crippen LogP contribution in [0, 0.1) is 28.6 Å². The molecule has 1 amide bonds. The number of allylic oxidation sites excluding steroid dienone is 4. The van der Waals surface area contributed by atoms with E-state index < -0.39 is 29.1 Å². The number of rotatable bonds is 2. The van der Waals surface area contributed by atoms with Crippen molar-refractivity contribution >= 4 is 11.7 Å². The fourth-order valence-electron chi connectivity index (χ4n) is 7.17. The monoisotopic (exact) mass is 389 g/mol. The molecule has 4 aliphatic rings. The Bertz CT molecular complexity index is 775. The number of likely N-dealkylation sites (N-methyl/N-ethyl adjacent to an activating group) is 1. The molecule has 28 heavy (non-hydrogen) atoms. The largest absolute Gasteiger partial charge is 0.393 e. The van der Waals surface area contributed by atoms with Crippen molar-refractivity contribution in [2.75, 3.05) is 7.05 Å². The molecule has 0 aromatic rings. The lowest BCUT2D eigenvalue weighted by molar-refractivity contribution is -0.200. The third kappa shape index (κ3) is 2.37. The van der Waals surface area contributed by atoms with Crippen molar-refractivity contribution in [3.63, 3.8) is 0 Å². The lowest BCUT2D eigenvalue weighted by Gasteiger charge is -2.60. The molecule has 0 heterocycles. The fraction of sp³-hybridized carbons (Fsp3) is 0.727. The molecule has 0 saturated heterocycles. The van der Waals surface area contributed by atoms with Gasteiger partial charge in [0, 0.05) is 23.8 Å². The first kappa shape index (κ1) is 19.8. The fourth-order valence-corrected chi connectivity index (χ4v) is 7.17. The molecule has 0 aliphatic heterocycles. The summed E-state index contributed by atoms with van der Waals surface area (Å²) in [5.41, 5.74) is -1.58. The smallest absolute Gasteiger partial charge is 0.251 e. The maximum Gasteiger partial charge on any atom is 0.251 e. The van der Waals surface area contributed by atoms with Crippen molar-refractivity contribution in [1.29, 1.82) is 0 Å². The lowest BCUT2D eigenvalue weighted by Crippen LogP contribution is -2.64. The molecule has 6 nitrogen and oxygen atoms in total. The maximum atomic E-state index is 12.1. The van der Waals surface area contributed by atoms with Gasteiger partial charge in [-0.15, -0.1) is 0 Å². The van der Waals surface area contributed by atoms with E-state index >= 15 is 0 Å². The van der Waals surface area contributed by atoms with E-state index in [1.165, 1.54) is 7.05 Å². The van der Waals surface area contributed by atoms with Crippen molar-refractivity contribution in [2.45, 2.75) is 63.8 Å². The number of aliphatic hydroxyl groups is 3. The summed E-state index contributed by atoms with van der Waals surface area (Å²) in [4.78, 5) is 24.0. The third-order valence-electron chi connectivity index (χ3n) is 8.66. The standard InChI is InChI=1S/C22H31NO5/c1-20-8-6-13(24)10-12(20)4-5-14-15-7-9-22(28,18(26)19(27)23-3)21(15,2)11-16(25)17(14)20/h6,8,10,14-18,25-26,28H,4-5,7,9,11H2,1-3H3,(H,23,27)/t14-,15-,16-,17+,18-,20-,21-,22-/m0/s1. The van der Waals surface area contributed by atoms with Crippen LogP contribution in [-0.4, -0.2) is 51.9 Å². The normalized spacial score (nSPS) is 48.2. The van der Waals surface area contributed by atoms with Gasteiger partial charge in [-0.05, 0) is 56.1 Å². The van der Waals surface area contributed by atoms with Crippen molar-refractivity contribution in [1.82, 2.24) is 5.32 Å². The van der Waals surface area contributed by atoms with E-state index in [0.29, 0.717) is 19.3 Å². The second kappa shape index (κ2) is 6.25. The number of fused-ring (bicyclic) bond motifs is 5. The van der Waals surface area contributed by atoms with Crippen LogP contribution in [0.5, 0.6) is 0 Å². The molecule has 0 aromatic heterocycles. The summed E-state index contributed by atoms with van der Waals surface area (Å²) in [6, 6.07) is 0. The van der Waals surface area contributed by atoms with Gasteiger partial charge < -0.3 is 20.6 Å². The number of amides is 1. The van der Waals surface area contributed by atoms with Crippen LogP contribution in [0.15, 0.2) is 23.8 Å². The Morgan fingerprint density at radius 3 is 2.71 bits per heavy atom. The highest BCUT2D eigenvalue weighted by Gasteiger charge is 2.68. The Morgan fingerprint density at radius 1 is 1.32 bits per heavy atom. The number of aliphatic hydroxyl groups excluding tert-OH is 2. The van der Waals surface area contributed by atoms with Gasteiger partial charge in [-0.25, -0.2) is 0 Å². The summed E-state index contributed by atoms with van der Waals surface area (Å²) in [5.74, 6) is -0.343. The third-order valence-corrected chi connectivity index (χ3v) is 8.66. The molecule has 154 valence electrons. The molecule has 0 radical (unpaired) electrons. The molecule has 0 unspecified atom stereocenters. The summed E-state index contributed by atoms with van der Waals surface area (Å²) >= 11 is 0. The maximum absolute atomic E-state index is 12.1. The summed E-state index contributed by atoms with van der Waals surface area (Å²) in [7, 11) is 1.45. The molecule has 4 N–H and O–H groups in total. The SMILES string of the molecule is CNC(=O)[C@H](O)[C@@]1(O)CC[C@H]2[C@@H]3CCC4=CC(=O)C=C[C@]4(C)[C@H]3[C@@H](O)C[C@@]21C. The van der Waals surface area contributed by atoms with Crippen LogP contribution >= 0.6 is 0 Å². The predicted octanol–water partition coefficient (Wildman–Crippen LogP) is 1.10. The minimum atomic E-state index is -1.56. The molecule has 0 spiro atoms. The Labute approximate surface area is 165 Å². The van der Waals surface area contributed by atoms with Crippen LogP contribution in [-0.2, 0) is 9.59 Å². The van der Waals surface area contributed by atoms with Crippen LogP contribution in [0.3, 0.4) is 0 Å². The van der Waals surface area contributed by atoms with Gasteiger partial charge >= 0.3 is 0 Å². The number of carbonyl (C=O) groups is 2. The van der Waals surface area contributed by atoms with E-state index in [2.05, 4.69) is 12.2 Å². The first-order chi connectivity index (χ1) is 13.1. The van der Waals surface area contributed by atoms with Gasteiger partial charge in [-0.2, -0.15) is 0 Å². The second-order valence-electron chi connectivity index (χ2n) is 9.69. The Morgan fingerprint density at radius 2 is 2.04 bits per heavy atom. The van der Waals surface area contributed by atoms with Gasteiger partial charge in [0.1, 0.15) is 5.60 Å². The topological polar surface area (TPSA) is 107 Å².